The monoisotopic (exact) mass is 347 g/mol. The second kappa shape index (κ2) is 6.33. The average molecular weight is 347 g/mol. The number of fused-ring (bicyclic) bond motifs is 1. The first-order chi connectivity index (χ1) is 11.0. The van der Waals surface area contributed by atoms with Gasteiger partial charge in [-0.3, -0.25) is 0 Å². The van der Waals surface area contributed by atoms with Gasteiger partial charge in [-0.2, -0.15) is 13.2 Å². The van der Waals surface area contributed by atoms with E-state index in [-0.39, 0.29) is 22.8 Å². The summed E-state index contributed by atoms with van der Waals surface area (Å²) < 4.78 is 64.6. The van der Waals surface area contributed by atoms with Gasteiger partial charge in [0, 0.05) is 5.39 Å². The SMILES string of the molecule is CC(C)OC(=O)n1c(C(F)(F)F)cc2c(F)c(OC(C)C)ccc21. The standard InChI is InChI=1S/C16H17F4NO3/c1-8(2)23-12-6-5-11-10(14(12)17)7-13(16(18,19)20)21(11)15(22)24-9(3)4/h5-9H,1-4H3. The van der Waals surface area contributed by atoms with Gasteiger partial charge in [-0.15, -0.1) is 0 Å². The molecule has 4 nitrogen and oxygen atoms in total. The number of rotatable bonds is 3. The summed E-state index contributed by atoms with van der Waals surface area (Å²) in [5.74, 6) is -1.14. The number of alkyl halides is 3. The van der Waals surface area contributed by atoms with E-state index in [1.807, 2.05) is 0 Å². The van der Waals surface area contributed by atoms with E-state index in [4.69, 9.17) is 9.47 Å². The van der Waals surface area contributed by atoms with Gasteiger partial charge in [0.05, 0.1) is 17.7 Å². The van der Waals surface area contributed by atoms with Gasteiger partial charge in [0.1, 0.15) is 5.69 Å². The van der Waals surface area contributed by atoms with E-state index in [1.54, 1.807) is 13.8 Å². The minimum atomic E-state index is -4.85. The fourth-order valence-corrected chi connectivity index (χ4v) is 2.23. The van der Waals surface area contributed by atoms with Gasteiger partial charge in [0.2, 0.25) is 0 Å². The molecule has 2 aromatic rings. The number of hydrogen-bond acceptors (Lipinski definition) is 3. The maximum atomic E-state index is 14.5. The zero-order chi connectivity index (χ0) is 18.2. The lowest BCUT2D eigenvalue weighted by Gasteiger charge is -2.14. The van der Waals surface area contributed by atoms with Gasteiger partial charge in [-0.1, -0.05) is 0 Å². The first-order valence-electron chi connectivity index (χ1n) is 7.31. The molecule has 0 bridgehead atoms. The number of aromatic nitrogens is 1. The quantitative estimate of drug-likeness (QED) is 0.735. The van der Waals surface area contributed by atoms with Crippen LogP contribution >= 0.6 is 0 Å². The highest BCUT2D eigenvalue weighted by molar-refractivity contribution is 5.92. The molecule has 0 amide bonds. The maximum absolute atomic E-state index is 14.5. The van der Waals surface area contributed by atoms with Crippen molar-refractivity contribution < 1.29 is 31.8 Å². The van der Waals surface area contributed by atoms with Crippen LogP contribution in [0.25, 0.3) is 10.9 Å². The van der Waals surface area contributed by atoms with Crippen LogP contribution in [0.5, 0.6) is 5.75 Å². The predicted octanol–water partition coefficient (Wildman–Crippen LogP) is 4.98. The zero-order valence-electron chi connectivity index (χ0n) is 13.6. The lowest BCUT2D eigenvalue weighted by Crippen LogP contribution is -2.23. The van der Waals surface area contributed by atoms with Gasteiger partial charge < -0.3 is 9.47 Å². The van der Waals surface area contributed by atoms with Crippen molar-refractivity contribution >= 4 is 17.0 Å². The molecule has 1 heterocycles. The Hall–Kier alpha value is -2.25. The molecule has 1 aromatic carbocycles. The van der Waals surface area contributed by atoms with Crippen molar-refractivity contribution in [3.63, 3.8) is 0 Å². The van der Waals surface area contributed by atoms with Crippen LogP contribution in [0.1, 0.15) is 33.4 Å². The molecule has 0 N–H and O–H groups in total. The molecule has 0 saturated carbocycles. The normalized spacial score (nSPS) is 12.2. The highest BCUT2D eigenvalue weighted by atomic mass is 19.4. The van der Waals surface area contributed by atoms with Crippen LogP contribution in [0, 0.1) is 5.82 Å². The Morgan fingerprint density at radius 2 is 1.75 bits per heavy atom. The third-order valence-electron chi connectivity index (χ3n) is 3.06. The molecule has 24 heavy (non-hydrogen) atoms. The van der Waals surface area contributed by atoms with Crippen molar-refractivity contribution in [3.05, 3.63) is 29.7 Å². The highest BCUT2D eigenvalue weighted by Gasteiger charge is 2.38. The first-order valence-corrected chi connectivity index (χ1v) is 7.31. The van der Waals surface area contributed by atoms with E-state index in [0.29, 0.717) is 10.6 Å². The molecule has 0 atom stereocenters. The Kier molecular flexibility index (Phi) is 4.77. The summed E-state index contributed by atoms with van der Waals surface area (Å²) >= 11 is 0. The Morgan fingerprint density at radius 1 is 1.12 bits per heavy atom. The van der Waals surface area contributed by atoms with Crippen molar-refractivity contribution in [2.45, 2.75) is 46.1 Å². The Balaban J connectivity index is 2.70. The molecule has 0 radical (unpaired) electrons. The summed E-state index contributed by atoms with van der Waals surface area (Å²) in [5, 5.41) is -0.360. The Labute approximate surface area is 136 Å². The van der Waals surface area contributed by atoms with Crippen molar-refractivity contribution in [2.75, 3.05) is 0 Å². The molecule has 0 saturated heterocycles. The molecule has 0 spiro atoms. The summed E-state index contributed by atoms with van der Waals surface area (Å²) in [6.45, 7) is 6.34. The van der Waals surface area contributed by atoms with Crippen molar-refractivity contribution in [2.24, 2.45) is 0 Å². The van der Waals surface area contributed by atoms with Crippen molar-refractivity contribution in [1.82, 2.24) is 4.57 Å². The molecular weight excluding hydrogens is 330 g/mol. The van der Waals surface area contributed by atoms with Gasteiger partial charge in [0.15, 0.2) is 11.6 Å². The average Bonchev–Trinajstić information content (AvgIpc) is 2.81. The second-order valence-electron chi connectivity index (χ2n) is 5.77. The van der Waals surface area contributed by atoms with E-state index >= 15 is 0 Å². The molecule has 0 fully saturated rings. The number of carbonyl (C=O) groups excluding carboxylic acids is 1. The van der Waals surface area contributed by atoms with E-state index in [9.17, 15) is 22.4 Å². The zero-order valence-corrected chi connectivity index (χ0v) is 13.6. The van der Waals surface area contributed by atoms with Crippen LogP contribution in [0.4, 0.5) is 22.4 Å². The fraction of sp³-hybridized carbons (Fsp3) is 0.438. The number of carbonyl (C=O) groups is 1. The number of benzene rings is 1. The Morgan fingerprint density at radius 3 is 2.25 bits per heavy atom. The number of halogens is 4. The van der Waals surface area contributed by atoms with Crippen LogP contribution < -0.4 is 4.74 Å². The van der Waals surface area contributed by atoms with Crippen LogP contribution in [0.15, 0.2) is 18.2 Å². The van der Waals surface area contributed by atoms with Crippen molar-refractivity contribution in [3.8, 4) is 5.75 Å². The molecule has 0 unspecified atom stereocenters. The molecule has 2 rings (SSSR count). The summed E-state index contributed by atoms with van der Waals surface area (Å²) in [7, 11) is 0. The summed E-state index contributed by atoms with van der Waals surface area (Å²) in [6, 6.07) is 2.98. The molecule has 8 heteroatoms. The van der Waals surface area contributed by atoms with Crippen LogP contribution in [0.2, 0.25) is 0 Å². The minimum Gasteiger partial charge on any atom is -0.488 e. The lowest BCUT2D eigenvalue weighted by atomic mass is 10.2. The first kappa shape index (κ1) is 18.1. The van der Waals surface area contributed by atoms with E-state index in [2.05, 4.69) is 0 Å². The van der Waals surface area contributed by atoms with E-state index in [0.717, 1.165) is 0 Å². The Bertz CT molecular complexity index is 763. The lowest BCUT2D eigenvalue weighted by molar-refractivity contribution is -0.142. The van der Waals surface area contributed by atoms with Crippen LogP contribution in [0.3, 0.4) is 0 Å². The van der Waals surface area contributed by atoms with Gasteiger partial charge in [-0.25, -0.2) is 13.8 Å². The number of nitrogens with zero attached hydrogens (tertiary/aromatic N) is 1. The minimum absolute atomic E-state index is 0.180. The largest absolute Gasteiger partial charge is 0.488 e. The van der Waals surface area contributed by atoms with E-state index in [1.165, 1.54) is 26.0 Å². The topological polar surface area (TPSA) is 40.5 Å². The number of hydrogen-bond donors (Lipinski definition) is 0. The molecular formula is C16H17F4NO3. The highest BCUT2D eigenvalue weighted by Crippen LogP contribution is 2.37. The summed E-state index contributed by atoms with van der Waals surface area (Å²) in [4.78, 5) is 12.1. The van der Waals surface area contributed by atoms with Crippen LogP contribution in [-0.2, 0) is 10.9 Å². The molecule has 0 aliphatic carbocycles. The third-order valence-corrected chi connectivity index (χ3v) is 3.06. The predicted molar refractivity (Wildman–Crippen MR) is 79.7 cm³/mol. The summed E-state index contributed by atoms with van der Waals surface area (Å²) in [6.07, 6.45) is -7.04. The fourth-order valence-electron chi connectivity index (χ4n) is 2.23. The third kappa shape index (κ3) is 3.47. The molecule has 132 valence electrons. The van der Waals surface area contributed by atoms with Gasteiger partial charge >= 0.3 is 12.3 Å². The van der Waals surface area contributed by atoms with E-state index < -0.39 is 29.9 Å². The van der Waals surface area contributed by atoms with Crippen LogP contribution in [-0.4, -0.2) is 22.9 Å². The maximum Gasteiger partial charge on any atom is 0.432 e. The second-order valence-corrected chi connectivity index (χ2v) is 5.77. The molecule has 0 aliphatic heterocycles. The summed E-state index contributed by atoms with van der Waals surface area (Å²) in [5.41, 5.74) is -1.54. The van der Waals surface area contributed by atoms with Gasteiger partial charge in [0.25, 0.3) is 0 Å². The van der Waals surface area contributed by atoms with Crippen molar-refractivity contribution in [1.29, 1.82) is 0 Å². The smallest absolute Gasteiger partial charge is 0.432 e. The molecule has 0 aliphatic rings. The number of ether oxygens (including phenoxy) is 2. The van der Waals surface area contributed by atoms with Gasteiger partial charge in [-0.05, 0) is 45.9 Å². The molecule has 1 aromatic heterocycles.